The fourth-order valence-corrected chi connectivity index (χ4v) is 10.5. The molecule has 69 heavy (non-hydrogen) atoms. The van der Waals surface area contributed by atoms with Crippen molar-refractivity contribution in [2.24, 2.45) is 0 Å². The van der Waals surface area contributed by atoms with Crippen LogP contribution in [0.15, 0.2) is 146 Å². The number of methoxy groups -OCH3 is 2. The molecular weight excluding hydrogens is 886 g/mol. The second-order valence-corrected chi connectivity index (χ2v) is 18.6. The maximum atomic E-state index is 9.57. The van der Waals surface area contributed by atoms with Crippen molar-refractivity contribution < 1.29 is 28.0 Å². The van der Waals surface area contributed by atoms with Crippen molar-refractivity contribution in [3.63, 3.8) is 0 Å². The Hall–Kier alpha value is -6.49. The number of hydrogen-bond donors (Lipinski definition) is 1. The van der Waals surface area contributed by atoms with Crippen LogP contribution in [0, 0.1) is 11.3 Å². The molecule has 3 heterocycles. The number of nitriles is 1. The Bertz CT molecular complexity index is 2710. The van der Waals surface area contributed by atoms with E-state index in [0.717, 1.165) is 39.3 Å². The summed E-state index contributed by atoms with van der Waals surface area (Å²) >= 11 is 0. The van der Waals surface area contributed by atoms with Crippen molar-refractivity contribution in [1.82, 2.24) is 24.2 Å². The summed E-state index contributed by atoms with van der Waals surface area (Å²) in [6.45, 7) is 9.34. The monoisotopic (exact) mass is 945 g/mol. The summed E-state index contributed by atoms with van der Waals surface area (Å²) in [6, 6.07) is 48.8. The van der Waals surface area contributed by atoms with E-state index in [1.807, 2.05) is 132 Å². The van der Waals surface area contributed by atoms with Gasteiger partial charge in [-0.2, -0.15) is 5.26 Å². The van der Waals surface area contributed by atoms with Crippen LogP contribution in [0.3, 0.4) is 0 Å². The highest BCUT2D eigenvalue weighted by Gasteiger charge is 2.46. The van der Waals surface area contributed by atoms with Crippen LogP contribution in [-0.2, 0) is 30.7 Å². The number of benzene rings is 5. The Morgan fingerprint density at radius 1 is 0.797 bits per heavy atom. The third-order valence-corrected chi connectivity index (χ3v) is 14.2. The van der Waals surface area contributed by atoms with Gasteiger partial charge in [0.15, 0.2) is 5.65 Å². The third kappa shape index (κ3) is 11.4. The molecule has 0 radical (unpaired) electrons. The van der Waals surface area contributed by atoms with Gasteiger partial charge in [0.05, 0.1) is 51.7 Å². The van der Waals surface area contributed by atoms with Gasteiger partial charge >= 0.3 is 0 Å². The Labute approximate surface area is 406 Å². The van der Waals surface area contributed by atoms with E-state index in [1.54, 1.807) is 20.5 Å². The number of rotatable bonds is 22. The molecule has 14 heteroatoms. The number of hydrogen-bond acceptors (Lipinski definition) is 12. The van der Waals surface area contributed by atoms with Gasteiger partial charge in [-0.25, -0.2) is 19.6 Å². The van der Waals surface area contributed by atoms with Gasteiger partial charge in [-0.15, -0.1) is 0 Å². The van der Waals surface area contributed by atoms with E-state index >= 15 is 0 Å². The minimum Gasteiger partial charge on any atom is -0.497 e. The van der Waals surface area contributed by atoms with Gasteiger partial charge in [-0.1, -0.05) is 121 Å². The molecule has 0 bridgehead atoms. The van der Waals surface area contributed by atoms with Crippen molar-refractivity contribution in [3.05, 3.63) is 179 Å². The molecule has 1 unspecified atom stereocenters. The zero-order valence-corrected chi connectivity index (χ0v) is 40.9. The number of aromatic nitrogens is 4. The van der Waals surface area contributed by atoms with Crippen molar-refractivity contribution in [2.75, 3.05) is 32.8 Å². The first kappa shape index (κ1) is 48.9. The number of nitrogens with one attached hydrogen (secondary N) is 1. The first-order valence-corrected chi connectivity index (χ1v) is 24.5. The summed E-state index contributed by atoms with van der Waals surface area (Å²) in [7, 11) is 1.64. The molecule has 13 nitrogen and oxygen atoms in total. The Morgan fingerprint density at radius 3 is 1.99 bits per heavy atom. The molecule has 0 amide bonds. The van der Waals surface area contributed by atoms with Crippen LogP contribution in [0.4, 0.5) is 5.95 Å². The Balaban J connectivity index is 1.24. The van der Waals surface area contributed by atoms with Crippen molar-refractivity contribution in [1.29, 1.82) is 5.26 Å². The van der Waals surface area contributed by atoms with Crippen LogP contribution in [0.2, 0.25) is 0 Å². The molecule has 7 aromatic rings. The fourth-order valence-electron chi connectivity index (χ4n) is 8.77. The van der Waals surface area contributed by atoms with Crippen LogP contribution in [0.5, 0.6) is 11.5 Å². The predicted octanol–water partition coefficient (Wildman–Crippen LogP) is 11.6. The van der Waals surface area contributed by atoms with Gasteiger partial charge in [0, 0.05) is 25.0 Å². The van der Waals surface area contributed by atoms with E-state index < -0.39 is 32.6 Å². The number of anilines is 1. The first-order valence-electron chi connectivity index (χ1n) is 23.3. The van der Waals surface area contributed by atoms with Crippen molar-refractivity contribution in [3.8, 4) is 17.6 Å². The van der Waals surface area contributed by atoms with Gasteiger partial charge in [-0.05, 0) is 85.9 Å². The standard InChI is InChI=1S/C55H60N7O6P/c1-39(2)62(40(3)4)69(66-34-16-33-56)68-49-35-51(61-53-52(60-54(61)57-36-42-19-12-8-13-20-42)48(58-38-59-53)32-23-41-17-10-7-11-18-41)67-50(49)37-65-55(43-21-14-9-15-22-43,44-24-28-46(63-5)29-25-44)45-26-30-47(64-6)31-27-45/h7-15,17-32,38-40,49-51H,16,34-37H2,1-6H3,(H,57,60)/b32-23+/t49-,50+,51+,69?/m0/s1. The molecule has 0 spiro atoms. The summed E-state index contributed by atoms with van der Waals surface area (Å²) in [6.07, 6.45) is 4.37. The summed E-state index contributed by atoms with van der Waals surface area (Å²) in [5.74, 6) is 2.02. The average molecular weight is 946 g/mol. The Morgan fingerprint density at radius 2 is 1.39 bits per heavy atom. The lowest BCUT2D eigenvalue weighted by molar-refractivity contribution is -0.0908. The average Bonchev–Trinajstić information content (AvgIpc) is 3.97. The Kier molecular flexibility index (Phi) is 16.5. The van der Waals surface area contributed by atoms with Gasteiger partial charge in [-0.3, -0.25) is 4.57 Å². The molecule has 1 N–H and O–H groups in total. The molecule has 2 aromatic heterocycles. The molecule has 1 aliphatic heterocycles. The molecule has 1 fully saturated rings. The molecule has 8 rings (SSSR count). The molecular formula is C55H60N7O6P. The zero-order valence-electron chi connectivity index (χ0n) is 40.0. The zero-order chi connectivity index (χ0) is 48.2. The highest BCUT2D eigenvalue weighted by atomic mass is 31.2. The van der Waals surface area contributed by atoms with Crippen molar-refractivity contribution >= 4 is 37.8 Å². The van der Waals surface area contributed by atoms with Crippen LogP contribution in [0.1, 0.15) is 80.3 Å². The second-order valence-electron chi connectivity index (χ2n) is 17.2. The second kappa shape index (κ2) is 23.2. The van der Waals surface area contributed by atoms with E-state index in [2.05, 4.69) is 68.0 Å². The molecule has 5 aromatic carbocycles. The molecule has 1 aliphatic rings. The van der Waals surface area contributed by atoms with Crippen LogP contribution < -0.4 is 14.8 Å². The lowest BCUT2D eigenvalue weighted by Crippen LogP contribution is -2.39. The highest BCUT2D eigenvalue weighted by molar-refractivity contribution is 7.44. The minimum absolute atomic E-state index is 0.0762. The van der Waals surface area contributed by atoms with Gasteiger partial charge < -0.3 is 33.3 Å². The summed E-state index contributed by atoms with van der Waals surface area (Å²) in [5, 5.41) is 13.2. The summed E-state index contributed by atoms with van der Waals surface area (Å²) in [5.41, 5.74) is 5.59. The number of ether oxygens (including phenoxy) is 4. The summed E-state index contributed by atoms with van der Waals surface area (Å²) < 4.78 is 44.1. The van der Waals surface area contributed by atoms with Crippen LogP contribution in [0.25, 0.3) is 23.3 Å². The van der Waals surface area contributed by atoms with Crippen molar-refractivity contribution in [2.45, 2.75) is 83.2 Å². The van der Waals surface area contributed by atoms with Crippen LogP contribution in [-0.4, -0.2) is 75.9 Å². The molecule has 4 atom stereocenters. The third-order valence-electron chi connectivity index (χ3n) is 12.0. The van der Waals surface area contributed by atoms with E-state index in [-0.39, 0.29) is 31.7 Å². The predicted molar refractivity (Wildman–Crippen MR) is 271 cm³/mol. The number of fused-ring (bicyclic) bond motifs is 1. The van der Waals surface area contributed by atoms with E-state index in [1.165, 1.54) is 0 Å². The maximum Gasteiger partial charge on any atom is 0.259 e. The normalized spacial score (nSPS) is 16.7. The van der Waals surface area contributed by atoms with E-state index in [4.69, 9.17) is 42.9 Å². The number of imidazole rings is 1. The molecule has 0 aliphatic carbocycles. The quantitative estimate of drug-likeness (QED) is 0.0393. The molecule has 1 saturated heterocycles. The lowest BCUT2D eigenvalue weighted by Gasteiger charge is -2.39. The molecule has 356 valence electrons. The van der Waals surface area contributed by atoms with Gasteiger partial charge in [0.1, 0.15) is 41.3 Å². The lowest BCUT2D eigenvalue weighted by atomic mass is 9.80. The SMILES string of the molecule is COc1ccc(C(OC[C@H]2O[C@@H](n3c(NCc4ccccc4)nc4c(/C=C/c5ccccc5)ncnc43)C[C@@H]2OP(OCCC#N)N(C(C)C)C(C)C)(c2ccccc2)c2ccc(OC)cc2)cc1. The minimum atomic E-state index is -1.68. The number of nitrogens with zero attached hydrogens (tertiary/aromatic N) is 6. The first-order chi connectivity index (χ1) is 33.7. The van der Waals surface area contributed by atoms with Gasteiger partial charge in [0.25, 0.3) is 8.53 Å². The fraction of sp³-hybridized carbons (Fsp3) is 0.309. The van der Waals surface area contributed by atoms with E-state index in [0.29, 0.717) is 35.8 Å². The van der Waals surface area contributed by atoms with Crippen LogP contribution >= 0.6 is 8.53 Å². The van der Waals surface area contributed by atoms with Gasteiger partial charge in [0.2, 0.25) is 5.95 Å². The summed E-state index contributed by atoms with van der Waals surface area (Å²) in [4.78, 5) is 14.8. The topological polar surface area (TPSA) is 138 Å². The maximum absolute atomic E-state index is 9.57. The highest BCUT2D eigenvalue weighted by Crippen LogP contribution is 2.51. The smallest absolute Gasteiger partial charge is 0.259 e. The molecule has 0 saturated carbocycles. The largest absolute Gasteiger partial charge is 0.497 e. The van der Waals surface area contributed by atoms with E-state index in [9.17, 15) is 5.26 Å².